The third kappa shape index (κ3) is 1.54. The van der Waals surface area contributed by atoms with Gasteiger partial charge in [-0.1, -0.05) is 0 Å². The van der Waals surface area contributed by atoms with Crippen molar-refractivity contribution in [3.8, 4) is 0 Å². The lowest BCUT2D eigenvalue weighted by Gasteiger charge is -2.13. The predicted octanol–water partition coefficient (Wildman–Crippen LogP) is 1.17. The number of carbonyl (C=O) groups is 1. The van der Waals surface area contributed by atoms with E-state index in [1.165, 1.54) is 6.33 Å². The molecule has 1 aliphatic rings. The summed E-state index contributed by atoms with van der Waals surface area (Å²) in [7, 11) is 0. The first kappa shape index (κ1) is 9.83. The highest BCUT2D eigenvalue weighted by molar-refractivity contribution is 5.95. The van der Waals surface area contributed by atoms with Crippen molar-refractivity contribution >= 4 is 28.5 Å². The van der Waals surface area contributed by atoms with Crippen LogP contribution in [0.2, 0.25) is 0 Å². The molecule has 86 valence electrons. The van der Waals surface area contributed by atoms with Gasteiger partial charge in [0.1, 0.15) is 18.8 Å². The number of hydrogen-bond donors (Lipinski definition) is 1. The Labute approximate surface area is 97.0 Å². The van der Waals surface area contributed by atoms with Crippen LogP contribution >= 0.6 is 0 Å². The van der Waals surface area contributed by atoms with E-state index in [0.717, 1.165) is 16.6 Å². The molecule has 1 amide bonds. The van der Waals surface area contributed by atoms with Crippen LogP contribution in [0, 0.1) is 0 Å². The zero-order valence-electron chi connectivity index (χ0n) is 8.96. The van der Waals surface area contributed by atoms with Crippen molar-refractivity contribution in [2.75, 3.05) is 23.8 Å². The Morgan fingerprint density at radius 3 is 3.00 bits per heavy atom. The molecule has 1 aliphatic heterocycles. The lowest BCUT2D eigenvalue weighted by atomic mass is 10.2. The van der Waals surface area contributed by atoms with Gasteiger partial charge in [0.2, 0.25) is 0 Å². The van der Waals surface area contributed by atoms with Crippen LogP contribution in [0.1, 0.15) is 0 Å². The molecule has 2 N–H and O–H groups in total. The molecule has 2 heterocycles. The molecule has 0 radical (unpaired) electrons. The van der Waals surface area contributed by atoms with Crippen molar-refractivity contribution in [1.29, 1.82) is 0 Å². The first-order chi connectivity index (χ1) is 8.25. The normalized spacial score (nSPS) is 15.3. The highest BCUT2D eigenvalue weighted by Crippen LogP contribution is 2.25. The maximum absolute atomic E-state index is 11.4. The number of rotatable bonds is 1. The number of amides is 1. The largest absolute Gasteiger partial charge is 0.447 e. The lowest BCUT2D eigenvalue weighted by Crippen LogP contribution is -2.23. The summed E-state index contributed by atoms with van der Waals surface area (Å²) in [5, 5.41) is 0.740. The Morgan fingerprint density at radius 1 is 1.35 bits per heavy atom. The minimum Gasteiger partial charge on any atom is -0.447 e. The summed E-state index contributed by atoms with van der Waals surface area (Å²) in [4.78, 5) is 21.0. The summed E-state index contributed by atoms with van der Waals surface area (Å²) in [6, 6.07) is 5.44. The predicted molar refractivity (Wildman–Crippen MR) is 62.6 cm³/mol. The molecule has 3 rings (SSSR count). The molecule has 0 saturated carbocycles. The zero-order valence-corrected chi connectivity index (χ0v) is 8.96. The van der Waals surface area contributed by atoms with Gasteiger partial charge in [-0.05, 0) is 18.2 Å². The first-order valence-corrected chi connectivity index (χ1v) is 5.20. The van der Waals surface area contributed by atoms with Crippen LogP contribution in [0.15, 0.2) is 24.5 Å². The molecule has 0 unspecified atom stereocenters. The first-order valence-electron chi connectivity index (χ1n) is 5.20. The number of carbonyl (C=O) groups excluding carboxylic acids is 1. The summed E-state index contributed by atoms with van der Waals surface area (Å²) < 4.78 is 4.89. The van der Waals surface area contributed by atoms with Crippen LogP contribution in [0.3, 0.4) is 0 Å². The van der Waals surface area contributed by atoms with Crippen molar-refractivity contribution < 1.29 is 9.53 Å². The molecular weight excluding hydrogens is 220 g/mol. The molecule has 0 bridgehead atoms. The van der Waals surface area contributed by atoms with Crippen molar-refractivity contribution in [3.63, 3.8) is 0 Å². The smallest absolute Gasteiger partial charge is 0.414 e. The van der Waals surface area contributed by atoms with Crippen LogP contribution in [0.25, 0.3) is 10.9 Å². The summed E-state index contributed by atoms with van der Waals surface area (Å²) in [5.41, 5.74) is 7.28. The number of nitrogen functional groups attached to an aromatic ring is 1. The SMILES string of the molecule is Nc1ncnc2ccc(N3CCOC3=O)cc12. The number of anilines is 2. The second-order valence-electron chi connectivity index (χ2n) is 3.73. The van der Waals surface area contributed by atoms with Gasteiger partial charge in [0.15, 0.2) is 0 Å². The molecular formula is C11H10N4O2. The summed E-state index contributed by atoms with van der Waals surface area (Å²) in [5.74, 6) is 0.407. The van der Waals surface area contributed by atoms with E-state index in [-0.39, 0.29) is 6.09 Å². The van der Waals surface area contributed by atoms with E-state index in [1.54, 1.807) is 11.0 Å². The summed E-state index contributed by atoms with van der Waals surface area (Å²) >= 11 is 0. The van der Waals surface area contributed by atoms with Crippen LogP contribution in [-0.2, 0) is 4.74 Å². The van der Waals surface area contributed by atoms with E-state index in [1.807, 2.05) is 12.1 Å². The molecule has 6 nitrogen and oxygen atoms in total. The number of hydrogen-bond acceptors (Lipinski definition) is 5. The number of benzene rings is 1. The third-order valence-corrected chi connectivity index (χ3v) is 2.72. The molecule has 1 fully saturated rings. The number of ether oxygens (including phenoxy) is 1. The van der Waals surface area contributed by atoms with E-state index < -0.39 is 0 Å². The fourth-order valence-electron chi connectivity index (χ4n) is 1.86. The molecule has 17 heavy (non-hydrogen) atoms. The highest BCUT2D eigenvalue weighted by atomic mass is 16.6. The summed E-state index contributed by atoms with van der Waals surface area (Å²) in [6.07, 6.45) is 1.08. The van der Waals surface area contributed by atoms with Crippen molar-refractivity contribution in [3.05, 3.63) is 24.5 Å². The quantitative estimate of drug-likeness (QED) is 0.795. The molecule has 2 aromatic rings. The average molecular weight is 230 g/mol. The molecule has 6 heteroatoms. The lowest BCUT2D eigenvalue weighted by molar-refractivity contribution is 0.181. The van der Waals surface area contributed by atoms with Gasteiger partial charge >= 0.3 is 6.09 Å². The highest BCUT2D eigenvalue weighted by Gasteiger charge is 2.23. The van der Waals surface area contributed by atoms with Crippen LogP contribution in [-0.4, -0.2) is 29.2 Å². The molecule has 0 atom stereocenters. The number of cyclic esters (lactones) is 1. The van der Waals surface area contributed by atoms with E-state index >= 15 is 0 Å². The van der Waals surface area contributed by atoms with Crippen molar-refractivity contribution in [2.24, 2.45) is 0 Å². The van der Waals surface area contributed by atoms with Gasteiger partial charge < -0.3 is 10.5 Å². The van der Waals surface area contributed by atoms with Gasteiger partial charge in [0.05, 0.1) is 12.1 Å². The van der Waals surface area contributed by atoms with Gasteiger partial charge in [-0.2, -0.15) is 0 Å². The molecule has 0 aliphatic carbocycles. The number of aromatic nitrogens is 2. The van der Waals surface area contributed by atoms with Crippen molar-refractivity contribution in [2.45, 2.75) is 0 Å². The number of fused-ring (bicyclic) bond motifs is 1. The van der Waals surface area contributed by atoms with Gasteiger partial charge in [-0.3, -0.25) is 4.90 Å². The monoisotopic (exact) mass is 230 g/mol. The summed E-state index contributed by atoms with van der Waals surface area (Å²) in [6.45, 7) is 0.968. The average Bonchev–Trinajstić information content (AvgIpc) is 2.76. The van der Waals surface area contributed by atoms with Gasteiger partial charge in [0, 0.05) is 11.1 Å². The second kappa shape index (κ2) is 3.58. The Balaban J connectivity index is 2.13. The minimum atomic E-state index is -0.334. The maximum Gasteiger partial charge on any atom is 0.414 e. The standard InChI is InChI=1S/C11H10N4O2/c12-10-8-5-7(15-3-4-17-11(15)16)1-2-9(8)13-6-14-10/h1-2,5-6H,3-4H2,(H2,12,13,14). The van der Waals surface area contributed by atoms with E-state index in [4.69, 9.17) is 10.5 Å². The van der Waals surface area contributed by atoms with Crippen LogP contribution in [0.4, 0.5) is 16.3 Å². The third-order valence-electron chi connectivity index (χ3n) is 2.72. The molecule has 1 saturated heterocycles. The Hall–Kier alpha value is -2.37. The van der Waals surface area contributed by atoms with E-state index in [2.05, 4.69) is 9.97 Å². The van der Waals surface area contributed by atoms with E-state index in [9.17, 15) is 4.79 Å². The molecule has 1 aromatic heterocycles. The van der Waals surface area contributed by atoms with Gasteiger partial charge in [-0.25, -0.2) is 14.8 Å². The van der Waals surface area contributed by atoms with Crippen LogP contribution < -0.4 is 10.6 Å². The number of nitrogens with zero attached hydrogens (tertiary/aromatic N) is 3. The molecule has 0 spiro atoms. The van der Waals surface area contributed by atoms with Gasteiger partial charge in [0.25, 0.3) is 0 Å². The maximum atomic E-state index is 11.4. The van der Waals surface area contributed by atoms with Crippen LogP contribution in [0.5, 0.6) is 0 Å². The topological polar surface area (TPSA) is 81.3 Å². The minimum absolute atomic E-state index is 0.334. The van der Waals surface area contributed by atoms with Gasteiger partial charge in [-0.15, -0.1) is 0 Å². The fourth-order valence-corrected chi connectivity index (χ4v) is 1.86. The Kier molecular flexibility index (Phi) is 2.07. The van der Waals surface area contributed by atoms with E-state index in [0.29, 0.717) is 19.0 Å². The Morgan fingerprint density at radius 2 is 2.24 bits per heavy atom. The molecule has 1 aromatic carbocycles. The Bertz CT molecular complexity index is 599. The number of nitrogens with two attached hydrogens (primary N) is 1. The second-order valence-corrected chi connectivity index (χ2v) is 3.73. The van der Waals surface area contributed by atoms with Crippen molar-refractivity contribution in [1.82, 2.24) is 9.97 Å². The fraction of sp³-hybridized carbons (Fsp3) is 0.182. The zero-order chi connectivity index (χ0) is 11.8.